The first kappa shape index (κ1) is 37.3. The average Bonchev–Trinajstić information content (AvgIpc) is 3.43. The zero-order valence-corrected chi connectivity index (χ0v) is 33.3. The number of nitrogens with zero attached hydrogens (tertiary/aromatic N) is 2. The Bertz CT molecular complexity index is 2380. The number of rotatable bonds is 12. The van der Waals surface area contributed by atoms with Crippen LogP contribution < -0.4 is 29.1 Å². The van der Waals surface area contributed by atoms with Crippen molar-refractivity contribution in [2.75, 3.05) is 26.9 Å². The first-order valence-corrected chi connectivity index (χ1v) is 19.1. The molecule has 0 bridgehead atoms. The van der Waals surface area contributed by atoms with Crippen molar-refractivity contribution in [2.45, 2.75) is 33.4 Å². The summed E-state index contributed by atoms with van der Waals surface area (Å²) >= 11 is 7.14. The number of carbonyl (C=O) groups is 2. The van der Waals surface area contributed by atoms with Crippen molar-refractivity contribution >= 4 is 78.6 Å². The van der Waals surface area contributed by atoms with Gasteiger partial charge >= 0.3 is 11.9 Å². The van der Waals surface area contributed by atoms with Crippen LogP contribution in [0.2, 0.25) is 0 Å². The highest BCUT2D eigenvalue weighted by Gasteiger charge is 2.34. The molecule has 268 valence electrons. The summed E-state index contributed by atoms with van der Waals surface area (Å²) in [6.45, 7) is 5.79. The number of methoxy groups -OCH3 is 1. The molecule has 5 aromatic rings. The lowest BCUT2D eigenvalue weighted by atomic mass is 9.95. The van der Waals surface area contributed by atoms with Crippen molar-refractivity contribution in [3.63, 3.8) is 0 Å². The van der Waals surface area contributed by atoms with Crippen molar-refractivity contribution < 1.29 is 33.3 Å². The van der Waals surface area contributed by atoms with E-state index in [0.29, 0.717) is 51.1 Å². The van der Waals surface area contributed by atoms with Gasteiger partial charge in [0.1, 0.15) is 12.4 Å². The number of carbonyl (C=O) groups excluding carboxylic acids is 2. The third-order valence-electron chi connectivity index (χ3n) is 8.19. The Kier molecular flexibility index (Phi) is 11.8. The number of ether oxygens (including phenoxy) is 5. The fourth-order valence-corrected chi connectivity index (χ4v) is 8.64. The molecule has 6 rings (SSSR count). The third kappa shape index (κ3) is 7.96. The number of hydrogen-bond donors (Lipinski definition) is 0. The monoisotopic (exact) mass is 896 g/mol. The Labute approximate surface area is 325 Å². The van der Waals surface area contributed by atoms with Crippen LogP contribution in [0.15, 0.2) is 98.3 Å². The molecule has 0 saturated carbocycles. The molecule has 1 aliphatic heterocycles. The standard InChI is InChI=1S/C39H34BrIN2O8S/c1-5-48-31-19-27(13-14-30(31)50-21-33(44)47-4)35-34(38(46)49-6-2)22(3)42-39-43(35)37(45)32(52-39)18-24-16-28(40)36(29(41)17-24)51-20-23-11-12-25-9-7-8-10-26(25)15-23/h7-19,35H,5-6,20-21H2,1-4H3/b32-18-/t35-/m1/s1. The minimum Gasteiger partial charge on any atom is -0.490 e. The van der Waals surface area contributed by atoms with Crippen LogP contribution in [0.25, 0.3) is 16.8 Å². The van der Waals surface area contributed by atoms with Crippen LogP contribution >= 0.6 is 49.9 Å². The zero-order chi connectivity index (χ0) is 36.9. The summed E-state index contributed by atoms with van der Waals surface area (Å²) in [5, 5.41) is 2.32. The maximum Gasteiger partial charge on any atom is 0.343 e. The lowest BCUT2D eigenvalue weighted by Gasteiger charge is -2.25. The second-order valence-corrected chi connectivity index (χ2v) is 14.6. The van der Waals surface area contributed by atoms with E-state index in [-0.39, 0.29) is 24.3 Å². The summed E-state index contributed by atoms with van der Waals surface area (Å²) in [4.78, 5) is 44.6. The number of allylic oxidation sites excluding steroid dienone is 1. The van der Waals surface area contributed by atoms with Gasteiger partial charge in [-0.3, -0.25) is 9.36 Å². The topological polar surface area (TPSA) is 115 Å². The van der Waals surface area contributed by atoms with Crippen molar-refractivity contribution in [1.29, 1.82) is 0 Å². The summed E-state index contributed by atoms with van der Waals surface area (Å²) in [5.74, 6) is 0.223. The maximum atomic E-state index is 14.3. The van der Waals surface area contributed by atoms with E-state index < -0.39 is 18.0 Å². The van der Waals surface area contributed by atoms with Gasteiger partial charge in [-0.1, -0.05) is 53.8 Å². The first-order chi connectivity index (χ1) is 25.1. The molecule has 0 N–H and O–H groups in total. The SMILES string of the molecule is CCOC(=O)C1=C(C)N=c2s/c(=C\c3cc(Br)c(OCc4ccc5ccccc5c4)c(I)c3)c(=O)n2[C@@H]1c1ccc(OCC(=O)OC)c(OCC)c1. The molecule has 0 unspecified atom stereocenters. The van der Waals surface area contributed by atoms with Gasteiger partial charge in [0.05, 0.1) is 50.2 Å². The molecule has 13 heteroatoms. The van der Waals surface area contributed by atoms with Crippen LogP contribution in [0.3, 0.4) is 0 Å². The molecule has 1 aromatic heterocycles. The predicted octanol–water partition coefficient (Wildman–Crippen LogP) is 6.85. The van der Waals surface area contributed by atoms with E-state index in [1.807, 2.05) is 31.2 Å². The van der Waals surface area contributed by atoms with Gasteiger partial charge < -0.3 is 23.7 Å². The van der Waals surface area contributed by atoms with Crippen LogP contribution in [0.4, 0.5) is 0 Å². The first-order valence-electron chi connectivity index (χ1n) is 16.4. The molecule has 2 heterocycles. The fourth-order valence-electron chi connectivity index (χ4n) is 5.82. The molecule has 4 aromatic carbocycles. The van der Waals surface area contributed by atoms with Crippen molar-refractivity contribution in [3.05, 3.63) is 128 Å². The van der Waals surface area contributed by atoms with Gasteiger partial charge in [0.15, 0.2) is 22.9 Å². The minimum absolute atomic E-state index is 0.146. The highest BCUT2D eigenvalue weighted by Crippen LogP contribution is 2.37. The van der Waals surface area contributed by atoms with E-state index in [0.717, 1.165) is 24.6 Å². The zero-order valence-electron chi connectivity index (χ0n) is 28.7. The van der Waals surface area contributed by atoms with Gasteiger partial charge in [-0.15, -0.1) is 0 Å². The minimum atomic E-state index is -0.871. The molecule has 10 nitrogen and oxygen atoms in total. The second-order valence-electron chi connectivity index (χ2n) is 11.6. The number of halogens is 2. The van der Waals surface area contributed by atoms with Crippen LogP contribution in [-0.2, 0) is 25.7 Å². The number of aromatic nitrogens is 1. The van der Waals surface area contributed by atoms with Crippen molar-refractivity contribution in [3.8, 4) is 17.2 Å². The van der Waals surface area contributed by atoms with E-state index in [9.17, 15) is 14.4 Å². The van der Waals surface area contributed by atoms with Crippen LogP contribution in [-0.4, -0.2) is 43.4 Å². The van der Waals surface area contributed by atoms with E-state index >= 15 is 0 Å². The molecule has 0 aliphatic carbocycles. The van der Waals surface area contributed by atoms with Gasteiger partial charge in [0, 0.05) is 0 Å². The average molecular weight is 898 g/mol. The normalized spacial score (nSPS) is 14.1. The highest BCUT2D eigenvalue weighted by molar-refractivity contribution is 14.1. The largest absolute Gasteiger partial charge is 0.490 e. The number of hydrogen-bond acceptors (Lipinski definition) is 10. The molecule has 1 atom stereocenters. The Morgan fingerprint density at radius 3 is 2.48 bits per heavy atom. The molecule has 0 fully saturated rings. The van der Waals surface area contributed by atoms with Gasteiger partial charge in [0.2, 0.25) is 0 Å². The number of thiazole rings is 1. The van der Waals surface area contributed by atoms with E-state index in [2.05, 4.69) is 73.8 Å². The van der Waals surface area contributed by atoms with E-state index in [4.69, 9.17) is 23.7 Å². The summed E-state index contributed by atoms with van der Waals surface area (Å²) in [6, 6.07) is 22.5. The van der Waals surface area contributed by atoms with Crippen LogP contribution in [0.5, 0.6) is 17.2 Å². The lowest BCUT2D eigenvalue weighted by Crippen LogP contribution is -2.40. The highest BCUT2D eigenvalue weighted by atomic mass is 127. The summed E-state index contributed by atoms with van der Waals surface area (Å²) in [7, 11) is 1.28. The second kappa shape index (κ2) is 16.5. The Morgan fingerprint density at radius 1 is 0.962 bits per heavy atom. The molecule has 1 aliphatic rings. The Hall–Kier alpha value is -4.47. The van der Waals surface area contributed by atoms with Crippen LogP contribution in [0, 0.1) is 3.57 Å². The smallest absolute Gasteiger partial charge is 0.343 e. The van der Waals surface area contributed by atoms with E-state index in [1.54, 1.807) is 38.1 Å². The third-order valence-corrected chi connectivity index (χ3v) is 10.6. The molecule has 0 radical (unpaired) electrons. The van der Waals surface area contributed by atoms with E-state index in [1.165, 1.54) is 28.4 Å². The Balaban J connectivity index is 1.37. The summed E-state index contributed by atoms with van der Waals surface area (Å²) in [5.41, 5.74) is 2.75. The Morgan fingerprint density at radius 2 is 1.75 bits per heavy atom. The lowest BCUT2D eigenvalue weighted by molar-refractivity contribution is -0.143. The summed E-state index contributed by atoms with van der Waals surface area (Å²) < 4.78 is 31.5. The van der Waals surface area contributed by atoms with Crippen LogP contribution in [0.1, 0.15) is 43.5 Å². The van der Waals surface area contributed by atoms with Gasteiger partial charge in [-0.05, 0) is 123 Å². The van der Waals surface area contributed by atoms with Gasteiger partial charge in [-0.2, -0.15) is 0 Å². The van der Waals surface area contributed by atoms with Gasteiger partial charge in [-0.25, -0.2) is 14.6 Å². The fraction of sp³-hybridized carbons (Fsp3) is 0.231. The predicted molar refractivity (Wildman–Crippen MR) is 211 cm³/mol. The van der Waals surface area contributed by atoms with Gasteiger partial charge in [0.25, 0.3) is 5.56 Å². The maximum absolute atomic E-state index is 14.3. The number of esters is 2. The molecule has 52 heavy (non-hydrogen) atoms. The van der Waals surface area contributed by atoms with Crippen molar-refractivity contribution in [2.24, 2.45) is 4.99 Å². The number of fused-ring (bicyclic) bond motifs is 2. The quantitative estimate of drug-likeness (QED) is 0.0988. The molecule has 0 amide bonds. The molecule has 0 spiro atoms. The molecule has 0 saturated heterocycles. The molecular weight excluding hydrogens is 863 g/mol. The van der Waals surface area contributed by atoms with Crippen molar-refractivity contribution in [1.82, 2.24) is 4.57 Å². The number of benzene rings is 4. The summed E-state index contributed by atoms with van der Waals surface area (Å²) in [6.07, 6.45) is 1.81. The molecular formula is C39H34BrIN2O8S.